The third-order valence-corrected chi connectivity index (χ3v) is 3.48. The molecule has 2 nitrogen and oxygen atoms in total. The van der Waals surface area contributed by atoms with Gasteiger partial charge < -0.3 is 10.1 Å². The minimum atomic E-state index is 0.568. The molecule has 0 radical (unpaired) electrons. The van der Waals surface area contributed by atoms with Gasteiger partial charge in [0.25, 0.3) is 0 Å². The molecule has 1 N–H and O–H groups in total. The highest BCUT2D eigenvalue weighted by Crippen LogP contribution is 2.34. The number of hydrogen-bond donors (Lipinski definition) is 1. The van der Waals surface area contributed by atoms with Crippen molar-refractivity contribution < 1.29 is 4.74 Å². The lowest BCUT2D eigenvalue weighted by atomic mass is 9.75. The smallest absolute Gasteiger partial charge is 0.0591 e. The van der Waals surface area contributed by atoms with Crippen LogP contribution in [0, 0.1) is 5.41 Å². The van der Waals surface area contributed by atoms with Gasteiger partial charge in [0.1, 0.15) is 0 Å². The molecule has 0 aliphatic heterocycles. The number of ether oxygens (including phenoxy) is 1. The van der Waals surface area contributed by atoms with E-state index in [1.807, 2.05) is 6.08 Å². The maximum atomic E-state index is 5.47. The number of rotatable bonds is 7. The van der Waals surface area contributed by atoms with Crippen LogP contribution in [-0.2, 0) is 4.74 Å². The van der Waals surface area contributed by atoms with E-state index in [4.69, 9.17) is 4.74 Å². The van der Waals surface area contributed by atoms with Crippen LogP contribution in [0.2, 0.25) is 0 Å². The Morgan fingerprint density at radius 2 is 2.00 bits per heavy atom. The molecule has 0 spiro atoms. The van der Waals surface area contributed by atoms with Crippen LogP contribution in [0.3, 0.4) is 0 Å². The summed E-state index contributed by atoms with van der Waals surface area (Å²) >= 11 is 0. The fraction of sp³-hybridized carbons (Fsp3) is 0.857. The zero-order chi connectivity index (χ0) is 11.9. The van der Waals surface area contributed by atoms with Gasteiger partial charge in [0.15, 0.2) is 0 Å². The molecule has 1 aliphatic carbocycles. The first-order valence-corrected chi connectivity index (χ1v) is 6.56. The maximum absolute atomic E-state index is 5.47. The Kier molecular flexibility index (Phi) is 6.07. The van der Waals surface area contributed by atoms with Gasteiger partial charge in [-0.3, -0.25) is 0 Å². The molecule has 0 aromatic carbocycles. The summed E-state index contributed by atoms with van der Waals surface area (Å²) < 4.78 is 5.47. The van der Waals surface area contributed by atoms with E-state index in [0.29, 0.717) is 5.41 Å². The van der Waals surface area contributed by atoms with Crippen molar-refractivity contribution in [2.75, 3.05) is 19.8 Å². The van der Waals surface area contributed by atoms with E-state index >= 15 is 0 Å². The highest BCUT2D eigenvalue weighted by molar-refractivity contribution is 4.81. The Morgan fingerprint density at radius 1 is 1.31 bits per heavy atom. The Hall–Kier alpha value is -0.340. The summed E-state index contributed by atoms with van der Waals surface area (Å²) in [4.78, 5) is 0. The first kappa shape index (κ1) is 13.7. The summed E-state index contributed by atoms with van der Waals surface area (Å²) in [5.74, 6) is 0. The minimum Gasteiger partial charge on any atom is -0.380 e. The molecule has 16 heavy (non-hydrogen) atoms. The van der Waals surface area contributed by atoms with Crippen LogP contribution in [0.4, 0.5) is 0 Å². The SMILES string of the molecule is C=CCCOCCNC1CCC(C)(C)CC1. The predicted octanol–water partition coefficient (Wildman–Crippen LogP) is 3.14. The van der Waals surface area contributed by atoms with Crippen molar-refractivity contribution in [3.8, 4) is 0 Å². The summed E-state index contributed by atoms with van der Waals surface area (Å²) in [6.07, 6.45) is 8.19. The molecule has 94 valence electrons. The molecule has 1 fully saturated rings. The van der Waals surface area contributed by atoms with E-state index in [2.05, 4.69) is 25.7 Å². The van der Waals surface area contributed by atoms with Crippen LogP contribution in [0.15, 0.2) is 12.7 Å². The Balaban J connectivity index is 1.96. The third-order valence-electron chi connectivity index (χ3n) is 3.48. The van der Waals surface area contributed by atoms with Gasteiger partial charge in [0.05, 0.1) is 13.2 Å². The lowest BCUT2D eigenvalue weighted by Gasteiger charge is -2.34. The first-order valence-electron chi connectivity index (χ1n) is 6.56. The molecule has 0 heterocycles. The van der Waals surface area contributed by atoms with Gasteiger partial charge in [0.2, 0.25) is 0 Å². The molecule has 1 saturated carbocycles. The summed E-state index contributed by atoms with van der Waals surface area (Å²) in [7, 11) is 0. The van der Waals surface area contributed by atoms with Gasteiger partial charge in [-0.1, -0.05) is 19.9 Å². The van der Waals surface area contributed by atoms with E-state index in [9.17, 15) is 0 Å². The minimum absolute atomic E-state index is 0.568. The van der Waals surface area contributed by atoms with Gasteiger partial charge in [-0.05, 0) is 37.5 Å². The second-order valence-corrected chi connectivity index (χ2v) is 5.58. The van der Waals surface area contributed by atoms with Crippen LogP contribution < -0.4 is 5.32 Å². The number of hydrogen-bond acceptors (Lipinski definition) is 2. The molecule has 0 saturated heterocycles. The molecular weight excluding hydrogens is 198 g/mol. The zero-order valence-corrected chi connectivity index (χ0v) is 10.9. The van der Waals surface area contributed by atoms with Crippen LogP contribution >= 0.6 is 0 Å². The largest absolute Gasteiger partial charge is 0.380 e. The molecule has 2 heteroatoms. The highest BCUT2D eigenvalue weighted by Gasteiger charge is 2.26. The van der Waals surface area contributed by atoms with Gasteiger partial charge in [0, 0.05) is 12.6 Å². The summed E-state index contributed by atoms with van der Waals surface area (Å²) in [6, 6.07) is 0.719. The highest BCUT2D eigenvalue weighted by atomic mass is 16.5. The molecule has 1 aliphatic rings. The van der Waals surface area contributed by atoms with Gasteiger partial charge >= 0.3 is 0 Å². The topological polar surface area (TPSA) is 21.3 Å². The molecule has 0 aromatic heterocycles. The monoisotopic (exact) mass is 225 g/mol. The van der Waals surface area contributed by atoms with E-state index in [0.717, 1.165) is 32.2 Å². The Morgan fingerprint density at radius 3 is 2.62 bits per heavy atom. The molecular formula is C14H27NO. The van der Waals surface area contributed by atoms with Crippen LogP contribution in [0.25, 0.3) is 0 Å². The molecule has 0 atom stereocenters. The fourth-order valence-electron chi connectivity index (χ4n) is 2.21. The van der Waals surface area contributed by atoms with Crippen molar-refractivity contribution in [1.82, 2.24) is 5.32 Å². The normalized spacial score (nSPS) is 20.9. The second-order valence-electron chi connectivity index (χ2n) is 5.58. The summed E-state index contributed by atoms with van der Waals surface area (Å²) in [6.45, 7) is 11.0. The Bertz CT molecular complexity index is 191. The standard InChI is InChI=1S/C14H27NO/c1-4-5-11-16-12-10-15-13-6-8-14(2,3)9-7-13/h4,13,15H,1,5-12H2,2-3H3. The third kappa shape index (κ3) is 5.66. The van der Waals surface area contributed by atoms with Crippen molar-refractivity contribution in [3.63, 3.8) is 0 Å². The van der Waals surface area contributed by atoms with Crippen molar-refractivity contribution in [3.05, 3.63) is 12.7 Å². The van der Waals surface area contributed by atoms with E-state index in [1.165, 1.54) is 25.7 Å². The van der Waals surface area contributed by atoms with Crippen molar-refractivity contribution in [2.24, 2.45) is 5.41 Å². The lowest BCUT2D eigenvalue weighted by molar-refractivity contribution is 0.132. The van der Waals surface area contributed by atoms with Crippen LogP contribution in [-0.4, -0.2) is 25.8 Å². The van der Waals surface area contributed by atoms with Gasteiger partial charge in [-0.2, -0.15) is 0 Å². The van der Waals surface area contributed by atoms with E-state index < -0.39 is 0 Å². The maximum Gasteiger partial charge on any atom is 0.0591 e. The lowest BCUT2D eigenvalue weighted by Crippen LogP contribution is -2.37. The quantitative estimate of drug-likeness (QED) is 0.531. The van der Waals surface area contributed by atoms with Crippen molar-refractivity contribution in [1.29, 1.82) is 0 Å². The van der Waals surface area contributed by atoms with E-state index in [-0.39, 0.29) is 0 Å². The summed E-state index contributed by atoms with van der Waals surface area (Å²) in [5, 5.41) is 3.59. The van der Waals surface area contributed by atoms with Crippen molar-refractivity contribution in [2.45, 2.75) is 52.0 Å². The average Bonchev–Trinajstić information content (AvgIpc) is 2.25. The van der Waals surface area contributed by atoms with Crippen LogP contribution in [0.1, 0.15) is 46.0 Å². The Labute approximate surface area is 100 Å². The molecule has 0 unspecified atom stereocenters. The first-order chi connectivity index (χ1) is 7.64. The molecule has 0 amide bonds. The zero-order valence-electron chi connectivity index (χ0n) is 10.9. The predicted molar refractivity (Wildman–Crippen MR) is 69.7 cm³/mol. The molecule has 0 aromatic rings. The number of nitrogens with one attached hydrogen (secondary N) is 1. The van der Waals surface area contributed by atoms with Crippen molar-refractivity contribution >= 4 is 0 Å². The fourth-order valence-corrected chi connectivity index (χ4v) is 2.21. The van der Waals surface area contributed by atoms with Gasteiger partial charge in [-0.25, -0.2) is 0 Å². The molecule has 1 rings (SSSR count). The molecule has 0 bridgehead atoms. The average molecular weight is 225 g/mol. The van der Waals surface area contributed by atoms with E-state index in [1.54, 1.807) is 0 Å². The van der Waals surface area contributed by atoms with Gasteiger partial charge in [-0.15, -0.1) is 6.58 Å². The van der Waals surface area contributed by atoms with Crippen LogP contribution in [0.5, 0.6) is 0 Å². The summed E-state index contributed by atoms with van der Waals surface area (Å²) in [5.41, 5.74) is 0.568. The second kappa shape index (κ2) is 7.08.